The molecule has 1 fully saturated rings. The van der Waals surface area contributed by atoms with E-state index < -0.39 is 0 Å². The number of hydrogen-bond donors (Lipinski definition) is 1. The molecule has 5 heteroatoms. The minimum Gasteiger partial charge on any atom is -0.494 e. The standard InChI is InChI=1S/C17H20N2O3/c1-21-15-5-3-4-13-14(8-9-18-16(13)15)19-12-7-6-11(10-12)17(20)22-2/h3-5,8-9,11-12H,6-7,10H2,1-2H3,(H,18,19)/t11-,12+/m0/s1. The van der Waals surface area contributed by atoms with Crippen molar-refractivity contribution in [1.29, 1.82) is 0 Å². The Kier molecular flexibility index (Phi) is 4.13. The second-order valence-corrected chi connectivity index (χ2v) is 5.59. The van der Waals surface area contributed by atoms with Crippen LogP contribution in [0.3, 0.4) is 0 Å². The Balaban J connectivity index is 1.82. The molecule has 0 spiro atoms. The van der Waals surface area contributed by atoms with Gasteiger partial charge in [-0.2, -0.15) is 0 Å². The number of anilines is 1. The Morgan fingerprint density at radius 3 is 2.91 bits per heavy atom. The molecule has 1 heterocycles. The molecule has 22 heavy (non-hydrogen) atoms. The highest BCUT2D eigenvalue weighted by atomic mass is 16.5. The number of benzene rings is 1. The number of methoxy groups -OCH3 is 2. The number of nitrogens with zero attached hydrogens (tertiary/aromatic N) is 1. The molecule has 5 nitrogen and oxygen atoms in total. The highest BCUT2D eigenvalue weighted by molar-refractivity contribution is 5.94. The zero-order chi connectivity index (χ0) is 15.5. The van der Waals surface area contributed by atoms with Gasteiger partial charge in [0.25, 0.3) is 0 Å². The van der Waals surface area contributed by atoms with Gasteiger partial charge < -0.3 is 14.8 Å². The summed E-state index contributed by atoms with van der Waals surface area (Å²) in [5, 5.41) is 4.57. The van der Waals surface area contributed by atoms with Crippen LogP contribution in [-0.2, 0) is 9.53 Å². The monoisotopic (exact) mass is 300 g/mol. The lowest BCUT2D eigenvalue weighted by Crippen LogP contribution is -2.19. The van der Waals surface area contributed by atoms with Gasteiger partial charge in [-0.1, -0.05) is 12.1 Å². The molecule has 1 aliphatic rings. The molecule has 0 saturated heterocycles. The van der Waals surface area contributed by atoms with Gasteiger partial charge in [0.2, 0.25) is 0 Å². The van der Waals surface area contributed by atoms with Gasteiger partial charge in [-0.15, -0.1) is 0 Å². The predicted octanol–water partition coefficient (Wildman–Crippen LogP) is 3.00. The zero-order valence-electron chi connectivity index (χ0n) is 12.8. The molecular weight excluding hydrogens is 280 g/mol. The van der Waals surface area contributed by atoms with Crippen LogP contribution in [0.4, 0.5) is 5.69 Å². The Morgan fingerprint density at radius 2 is 2.14 bits per heavy atom. The maximum Gasteiger partial charge on any atom is 0.308 e. The van der Waals surface area contributed by atoms with Gasteiger partial charge in [-0.3, -0.25) is 9.78 Å². The molecule has 1 aromatic heterocycles. The molecule has 3 rings (SSSR count). The molecule has 0 unspecified atom stereocenters. The summed E-state index contributed by atoms with van der Waals surface area (Å²) in [6.45, 7) is 0. The number of para-hydroxylation sites is 1. The van der Waals surface area contributed by atoms with Crippen molar-refractivity contribution in [2.45, 2.75) is 25.3 Å². The first-order valence-electron chi connectivity index (χ1n) is 7.49. The fourth-order valence-electron chi connectivity index (χ4n) is 3.15. The second-order valence-electron chi connectivity index (χ2n) is 5.59. The summed E-state index contributed by atoms with van der Waals surface area (Å²) in [6.07, 6.45) is 4.42. The van der Waals surface area contributed by atoms with E-state index in [1.165, 1.54) is 7.11 Å². The first-order valence-corrected chi connectivity index (χ1v) is 7.49. The van der Waals surface area contributed by atoms with Crippen molar-refractivity contribution in [2.75, 3.05) is 19.5 Å². The molecule has 2 aromatic rings. The van der Waals surface area contributed by atoms with Crippen LogP contribution in [0.1, 0.15) is 19.3 Å². The van der Waals surface area contributed by atoms with Crippen molar-refractivity contribution >= 4 is 22.6 Å². The van der Waals surface area contributed by atoms with Gasteiger partial charge in [0.1, 0.15) is 11.3 Å². The van der Waals surface area contributed by atoms with E-state index in [0.29, 0.717) is 0 Å². The molecule has 1 aromatic carbocycles. The molecule has 2 atom stereocenters. The number of rotatable bonds is 4. The Bertz CT molecular complexity index is 687. The lowest BCUT2D eigenvalue weighted by atomic mass is 10.1. The van der Waals surface area contributed by atoms with E-state index in [0.717, 1.165) is 41.6 Å². The second kappa shape index (κ2) is 6.22. The fourth-order valence-corrected chi connectivity index (χ4v) is 3.15. The summed E-state index contributed by atoms with van der Waals surface area (Å²) in [5.41, 5.74) is 1.87. The normalized spacial score (nSPS) is 20.8. The maximum absolute atomic E-state index is 11.6. The Labute approximate surface area is 129 Å². The molecule has 116 valence electrons. The third-order valence-electron chi connectivity index (χ3n) is 4.28. The average molecular weight is 300 g/mol. The fraction of sp³-hybridized carbons (Fsp3) is 0.412. The number of fused-ring (bicyclic) bond motifs is 1. The van der Waals surface area contributed by atoms with Crippen LogP contribution in [0.25, 0.3) is 10.9 Å². The van der Waals surface area contributed by atoms with Crippen LogP contribution in [0.2, 0.25) is 0 Å². The van der Waals surface area contributed by atoms with Crippen LogP contribution in [0, 0.1) is 5.92 Å². The van der Waals surface area contributed by atoms with E-state index in [1.807, 2.05) is 24.3 Å². The highest BCUT2D eigenvalue weighted by Crippen LogP contribution is 2.33. The quantitative estimate of drug-likeness (QED) is 0.880. The molecular formula is C17H20N2O3. The van der Waals surface area contributed by atoms with Crippen LogP contribution < -0.4 is 10.1 Å². The van der Waals surface area contributed by atoms with Crippen molar-refractivity contribution in [1.82, 2.24) is 4.98 Å². The average Bonchev–Trinajstić information content (AvgIpc) is 3.02. The first kappa shape index (κ1) is 14.6. The maximum atomic E-state index is 11.6. The number of esters is 1. The lowest BCUT2D eigenvalue weighted by molar-refractivity contribution is -0.145. The number of ether oxygens (including phenoxy) is 2. The largest absolute Gasteiger partial charge is 0.494 e. The van der Waals surface area contributed by atoms with Crippen LogP contribution in [0.15, 0.2) is 30.5 Å². The third kappa shape index (κ3) is 2.71. The minimum absolute atomic E-state index is 0.00476. The van der Waals surface area contributed by atoms with E-state index in [2.05, 4.69) is 10.3 Å². The van der Waals surface area contributed by atoms with Gasteiger partial charge >= 0.3 is 5.97 Å². The van der Waals surface area contributed by atoms with Crippen LogP contribution >= 0.6 is 0 Å². The van der Waals surface area contributed by atoms with Crippen molar-refractivity contribution < 1.29 is 14.3 Å². The van der Waals surface area contributed by atoms with Crippen molar-refractivity contribution in [2.24, 2.45) is 5.92 Å². The number of hydrogen-bond acceptors (Lipinski definition) is 5. The Morgan fingerprint density at radius 1 is 1.27 bits per heavy atom. The minimum atomic E-state index is -0.106. The summed E-state index contributed by atoms with van der Waals surface area (Å²) in [6, 6.07) is 8.13. The van der Waals surface area contributed by atoms with E-state index >= 15 is 0 Å². The van der Waals surface area contributed by atoms with Gasteiger partial charge in [0.05, 0.1) is 20.1 Å². The molecule has 1 N–H and O–H groups in total. The van der Waals surface area contributed by atoms with Crippen molar-refractivity contribution in [3.63, 3.8) is 0 Å². The molecule has 0 bridgehead atoms. The van der Waals surface area contributed by atoms with Gasteiger partial charge in [0, 0.05) is 23.3 Å². The van der Waals surface area contributed by atoms with E-state index in [4.69, 9.17) is 9.47 Å². The SMILES string of the molecule is COC(=O)[C@H]1CC[C@@H](Nc2ccnc3c(OC)cccc23)C1. The number of aromatic nitrogens is 1. The summed E-state index contributed by atoms with van der Waals surface area (Å²) < 4.78 is 10.2. The van der Waals surface area contributed by atoms with E-state index in [9.17, 15) is 4.79 Å². The zero-order valence-corrected chi connectivity index (χ0v) is 12.8. The third-order valence-corrected chi connectivity index (χ3v) is 4.28. The number of pyridine rings is 1. The van der Waals surface area contributed by atoms with Gasteiger partial charge in [-0.25, -0.2) is 0 Å². The van der Waals surface area contributed by atoms with Crippen molar-refractivity contribution in [3.8, 4) is 5.75 Å². The molecule has 1 saturated carbocycles. The summed E-state index contributed by atoms with van der Waals surface area (Å²) >= 11 is 0. The van der Waals surface area contributed by atoms with Crippen LogP contribution in [-0.4, -0.2) is 31.2 Å². The predicted molar refractivity (Wildman–Crippen MR) is 85.1 cm³/mol. The first-order chi connectivity index (χ1) is 10.7. The molecule has 0 aliphatic heterocycles. The van der Waals surface area contributed by atoms with Gasteiger partial charge in [0.15, 0.2) is 0 Å². The lowest BCUT2D eigenvalue weighted by Gasteiger charge is -2.16. The number of carbonyl (C=O) groups excluding carboxylic acids is 1. The smallest absolute Gasteiger partial charge is 0.308 e. The summed E-state index contributed by atoms with van der Waals surface area (Å²) in [7, 11) is 3.10. The molecule has 0 amide bonds. The van der Waals surface area contributed by atoms with E-state index in [-0.39, 0.29) is 17.9 Å². The van der Waals surface area contributed by atoms with Crippen molar-refractivity contribution in [3.05, 3.63) is 30.5 Å². The van der Waals surface area contributed by atoms with Crippen LogP contribution in [0.5, 0.6) is 5.75 Å². The summed E-state index contributed by atoms with van der Waals surface area (Å²) in [4.78, 5) is 16.0. The topological polar surface area (TPSA) is 60.5 Å². The summed E-state index contributed by atoms with van der Waals surface area (Å²) in [5.74, 6) is 0.663. The highest BCUT2D eigenvalue weighted by Gasteiger charge is 2.30. The Hall–Kier alpha value is -2.30. The molecule has 1 aliphatic carbocycles. The number of carbonyl (C=O) groups is 1. The van der Waals surface area contributed by atoms with Gasteiger partial charge in [-0.05, 0) is 31.4 Å². The number of nitrogens with one attached hydrogen (secondary N) is 1. The van der Waals surface area contributed by atoms with E-state index in [1.54, 1.807) is 13.3 Å². The molecule has 0 radical (unpaired) electrons.